The van der Waals surface area contributed by atoms with Crippen molar-refractivity contribution in [3.8, 4) is 0 Å². The summed E-state index contributed by atoms with van der Waals surface area (Å²) in [5, 5.41) is 0.750. The van der Waals surface area contributed by atoms with Crippen LogP contribution in [0, 0.1) is 0 Å². The molecule has 0 radical (unpaired) electrons. The van der Waals surface area contributed by atoms with E-state index in [2.05, 4.69) is 16.8 Å². The van der Waals surface area contributed by atoms with Crippen LogP contribution in [0.15, 0.2) is 18.2 Å². The van der Waals surface area contributed by atoms with Crippen molar-refractivity contribution in [2.45, 2.75) is 0 Å². The SMILES string of the molecule is CN1CCN(c2c(N)cccc2Cl)CC1. The van der Waals surface area contributed by atoms with Crippen molar-refractivity contribution in [3.05, 3.63) is 23.2 Å². The molecular formula is C11H16ClN3. The molecule has 0 spiro atoms. The van der Waals surface area contributed by atoms with E-state index in [0.29, 0.717) is 0 Å². The third-order valence-electron chi connectivity index (χ3n) is 2.84. The third kappa shape index (κ3) is 2.19. The van der Waals surface area contributed by atoms with E-state index in [9.17, 15) is 0 Å². The Labute approximate surface area is 95.4 Å². The lowest BCUT2D eigenvalue weighted by molar-refractivity contribution is 0.313. The van der Waals surface area contributed by atoms with Gasteiger partial charge in [-0.25, -0.2) is 0 Å². The predicted molar refractivity (Wildman–Crippen MR) is 65.6 cm³/mol. The van der Waals surface area contributed by atoms with Crippen LogP contribution in [0.4, 0.5) is 11.4 Å². The van der Waals surface area contributed by atoms with Gasteiger partial charge >= 0.3 is 0 Å². The highest BCUT2D eigenvalue weighted by atomic mass is 35.5. The van der Waals surface area contributed by atoms with E-state index in [4.69, 9.17) is 17.3 Å². The molecule has 1 aromatic carbocycles. The minimum absolute atomic E-state index is 0.750. The molecule has 4 heteroatoms. The van der Waals surface area contributed by atoms with Gasteiger partial charge in [-0.3, -0.25) is 0 Å². The molecule has 2 N–H and O–H groups in total. The molecule has 0 saturated carbocycles. The number of piperazine rings is 1. The number of anilines is 2. The largest absolute Gasteiger partial charge is 0.397 e. The minimum atomic E-state index is 0.750. The van der Waals surface area contributed by atoms with Crippen molar-refractivity contribution in [2.24, 2.45) is 0 Å². The highest BCUT2D eigenvalue weighted by Gasteiger charge is 2.18. The topological polar surface area (TPSA) is 32.5 Å². The van der Waals surface area contributed by atoms with Gasteiger partial charge in [0, 0.05) is 26.2 Å². The molecule has 2 rings (SSSR count). The summed E-state index contributed by atoms with van der Waals surface area (Å²) < 4.78 is 0. The molecule has 1 aliphatic rings. The second-order valence-electron chi connectivity index (χ2n) is 3.97. The van der Waals surface area contributed by atoms with Crippen LogP contribution in [-0.4, -0.2) is 38.1 Å². The van der Waals surface area contributed by atoms with Crippen LogP contribution in [0.5, 0.6) is 0 Å². The second kappa shape index (κ2) is 4.29. The quantitative estimate of drug-likeness (QED) is 0.739. The highest BCUT2D eigenvalue weighted by molar-refractivity contribution is 6.34. The van der Waals surface area contributed by atoms with Crippen molar-refractivity contribution in [2.75, 3.05) is 43.9 Å². The van der Waals surface area contributed by atoms with E-state index < -0.39 is 0 Å². The van der Waals surface area contributed by atoms with E-state index in [1.54, 1.807) is 0 Å². The van der Waals surface area contributed by atoms with Crippen LogP contribution >= 0.6 is 11.6 Å². The molecule has 1 heterocycles. The fraction of sp³-hybridized carbons (Fsp3) is 0.455. The first-order valence-corrected chi connectivity index (χ1v) is 5.54. The number of para-hydroxylation sites is 1. The number of halogens is 1. The van der Waals surface area contributed by atoms with Gasteiger partial charge in [0.15, 0.2) is 0 Å². The Kier molecular flexibility index (Phi) is 3.03. The molecule has 1 saturated heterocycles. The van der Waals surface area contributed by atoms with Gasteiger partial charge in [-0.2, -0.15) is 0 Å². The lowest BCUT2D eigenvalue weighted by atomic mass is 10.2. The van der Waals surface area contributed by atoms with Crippen molar-refractivity contribution in [1.29, 1.82) is 0 Å². The molecule has 1 aliphatic heterocycles. The smallest absolute Gasteiger partial charge is 0.0790 e. The number of nitrogen functional groups attached to an aromatic ring is 1. The van der Waals surface area contributed by atoms with Gasteiger partial charge in [-0.1, -0.05) is 17.7 Å². The summed E-state index contributed by atoms with van der Waals surface area (Å²) >= 11 is 6.16. The van der Waals surface area contributed by atoms with Gasteiger partial charge in [0.05, 0.1) is 16.4 Å². The highest BCUT2D eigenvalue weighted by Crippen LogP contribution is 2.32. The maximum Gasteiger partial charge on any atom is 0.0790 e. The van der Waals surface area contributed by atoms with Gasteiger partial charge in [0.25, 0.3) is 0 Å². The Morgan fingerprint density at radius 2 is 1.87 bits per heavy atom. The molecular weight excluding hydrogens is 210 g/mol. The summed E-state index contributed by atoms with van der Waals surface area (Å²) in [6.45, 7) is 4.10. The molecule has 1 fully saturated rings. The summed E-state index contributed by atoms with van der Waals surface area (Å²) in [6, 6.07) is 5.68. The maximum absolute atomic E-state index is 6.16. The second-order valence-corrected chi connectivity index (χ2v) is 4.38. The molecule has 0 atom stereocenters. The Balaban J connectivity index is 2.22. The molecule has 15 heavy (non-hydrogen) atoms. The van der Waals surface area contributed by atoms with Crippen molar-refractivity contribution >= 4 is 23.0 Å². The average Bonchev–Trinajstić information content (AvgIpc) is 2.20. The summed E-state index contributed by atoms with van der Waals surface area (Å²) in [4.78, 5) is 4.57. The molecule has 0 unspecified atom stereocenters. The minimum Gasteiger partial charge on any atom is -0.397 e. The Morgan fingerprint density at radius 1 is 1.20 bits per heavy atom. The third-order valence-corrected chi connectivity index (χ3v) is 3.14. The zero-order chi connectivity index (χ0) is 10.8. The first-order valence-electron chi connectivity index (χ1n) is 5.16. The fourth-order valence-corrected chi connectivity index (χ4v) is 2.20. The average molecular weight is 226 g/mol. The van der Waals surface area contributed by atoms with Crippen molar-refractivity contribution in [3.63, 3.8) is 0 Å². The summed E-state index contributed by atoms with van der Waals surface area (Å²) in [5.41, 5.74) is 7.71. The number of nitrogens with zero attached hydrogens (tertiary/aromatic N) is 2. The first kappa shape index (κ1) is 10.6. The normalized spacial score (nSPS) is 18.1. The van der Waals surface area contributed by atoms with Gasteiger partial charge in [0.2, 0.25) is 0 Å². The Hall–Kier alpha value is -0.930. The van der Waals surface area contributed by atoms with Gasteiger partial charge < -0.3 is 15.5 Å². The number of hydrogen-bond acceptors (Lipinski definition) is 3. The number of rotatable bonds is 1. The van der Waals surface area contributed by atoms with Crippen LogP contribution in [0.25, 0.3) is 0 Å². The predicted octanol–water partition coefficient (Wildman–Crippen LogP) is 1.67. The summed E-state index contributed by atoms with van der Waals surface area (Å²) in [6.07, 6.45) is 0. The lowest BCUT2D eigenvalue weighted by Gasteiger charge is -2.35. The molecule has 0 amide bonds. The van der Waals surface area contributed by atoms with E-state index in [1.165, 1.54) is 0 Å². The van der Waals surface area contributed by atoms with E-state index in [-0.39, 0.29) is 0 Å². The number of hydrogen-bond donors (Lipinski definition) is 1. The molecule has 0 bridgehead atoms. The first-order chi connectivity index (χ1) is 7.18. The van der Waals surface area contributed by atoms with Crippen LogP contribution in [0.2, 0.25) is 5.02 Å². The van der Waals surface area contributed by atoms with Gasteiger partial charge in [-0.05, 0) is 19.2 Å². The van der Waals surface area contributed by atoms with Crippen molar-refractivity contribution in [1.82, 2.24) is 4.90 Å². The van der Waals surface area contributed by atoms with E-state index in [1.807, 2.05) is 18.2 Å². The van der Waals surface area contributed by atoms with Crippen LogP contribution in [0.3, 0.4) is 0 Å². The van der Waals surface area contributed by atoms with Crippen LogP contribution in [-0.2, 0) is 0 Å². The molecule has 3 nitrogen and oxygen atoms in total. The molecule has 0 aromatic heterocycles. The molecule has 0 aliphatic carbocycles. The standard InChI is InChI=1S/C11H16ClN3/c1-14-5-7-15(8-6-14)11-9(12)3-2-4-10(11)13/h2-4H,5-8,13H2,1H3. The zero-order valence-electron chi connectivity index (χ0n) is 8.91. The van der Waals surface area contributed by atoms with E-state index >= 15 is 0 Å². The van der Waals surface area contributed by atoms with Crippen LogP contribution in [0.1, 0.15) is 0 Å². The van der Waals surface area contributed by atoms with Gasteiger partial charge in [-0.15, -0.1) is 0 Å². The zero-order valence-corrected chi connectivity index (χ0v) is 9.67. The molecule has 1 aromatic rings. The number of likely N-dealkylation sites (N-methyl/N-ethyl adjacent to an activating group) is 1. The van der Waals surface area contributed by atoms with E-state index in [0.717, 1.165) is 42.6 Å². The molecule has 82 valence electrons. The monoisotopic (exact) mass is 225 g/mol. The number of benzene rings is 1. The maximum atomic E-state index is 6.16. The summed E-state index contributed by atoms with van der Waals surface area (Å²) in [7, 11) is 2.13. The van der Waals surface area contributed by atoms with Crippen molar-refractivity contribution < 1.29 is 0 Å². The van der Waals surface area contributed by atoms with Crippen LogP contribution < -0.4 is 10.6 Å². The number of nitrogens with two attached hydrogens (primary N) is 1. The van der Waals surface area contributed by atoms with Gasteiger partial charge in [0.1, 0.15) is 0 Å². The Morgan fingerprint density at radius 3 is 2.47 bits per heavy atom. The Bertz CT molecular complexity index is 325. The lowest BCUT2D eigenvalue weighted by Crippen LogP contribution is -2.44. The summed E-state index contributed by atoms with van der Waals surface area (Å²) in [5.74, 6) is 0. The fourth-order valence-electron chi connectivity index (χ4n) is 1.90.